The SMILES string of the molecule is Cc1nccnc1N1CC(n2cc(N3CCN(C)C3=O)cn2)C1. The summed E-state index contributed by atoms with van der Waals surface area (Å²) in [6.07, 6.45) is 7.16. The third kappa shape index (κ3) is 2.30. The summed E-state index contributed by atoms with van der Waals surface area (Å²) in [7, 11) is 1.82. The number of likely N-dealkylation sites (N-methyl/N-ethyl adjacent to an activating group) is 1. The first-order valence-electron chi connectivity index (χ1n) is 7.73. The molecule has 0 aliphatic carbocycles. The zero-order valence-corrected chi connectivity index (χ0v) is 13.3. The van der Waals surface area contributed by atoms with E-state index in [9.17, 15) is 4.79 Å². The zero-order valence-electron chi connectivity index (χ0n) is 13.3. The van der Waals surface area contributed by atoms with Crippen LogP contribution in [0.15, 0.2) is 24.8 Å². The molecule has 0 bridgehead atoms. The number of rotatable bonds is 3. The molecule has 120 valence electrons. The van der Waals surface area contributed by atoms with Crippen LogP contribution in [0.3, 0.4) is 0 Å². The van der Waals surface area contributed by atoms with Crippen LogP contribution >= 0.6 is 0 Å². The zero-order chi connectivity index (χ0) is 16.0. The highest BCUT2D eigenvalue weighted by atomic mass is 16.2. The summed E-state index contributed by atoms with van der Waals surface area (Å²) in [5.74, 6) is 0.937. The Morgan fingerprint density at radius 2 is 1.96 bits per heavy atom. The number of amides is 2. The van der Waals surface area contributed by atoms with Gasteiger partial charge in [-0.05, 0) is 6.92 Å². The first-order chi connectivity index (χ1) is 11.1. The van der Waals surface area contributed by atoms with Crippen molar-refractivity contribution in [1.29, 1.82) is 0 Å². The predicted molar refractivity (Wildman–Crippen MR) is 85.6 cm³/mol. The molecule has 4 heterocycles. The number of hydrogen-bond donors (Lipinski definition) is 0. The van der Waals surface area contributed by atoms with E-state index in [0.717, 1.165) is 43.4 Å². The van der Waals surface area contributed by atoms with Crippen LogP contribution in [0.5, 0.6) is 0 Å². The molecule has 2 aromatic rings. The second kappa shape index (κ2) is 5.22. The van der Waals surface area contributed by atoms with E-state index in [0.29, 0.717) is 6.04 Å². The molecular formula is C15H19N7O. The van der Waals surface area contributed by atoms with Crippen molar-refractivity contribution in [3.8, 4) is 0 Å². The van der Waals surface area contributed by atoms with Gasteiger partial charge in [-0.3, -0.25) is 14.6 Å². The Labute approximate surface area is 134 Å². The van der Waals surface area contributed by atoms with Crippen LogP contribution in [-0.4, -0.2) is 63.9 Å². The van der Waals surface area contributed by atoms with Gasteiger partial charge in [-0.1, -0.05) is 0 Å². The molecule has 2 fully saturated rings. The molecule has 2 aliphatic heterocycles. The third-order valence-corrected chi connectivity index (χ3v) is 4.51. The molecule has 8 nitrogen and oxygen atoms in total. The van der Waals surface area contributed by atoms with E-state index >= 15 is 0 Å². The fourth-order valence-electron chi connectivity index (χ4n) is 3.06. The Balaban J connectivity index is 1.44. The van der Waals surface area contributed by atoms with Crippen molar-refractivity contribution in [2.24, 2.45) is 0 Å². The average Bonchev–Trinajstić information content (AvgIpc) is 3.08. The minimum absolute atomic E-state index is 0.0370. The van der Waals surface area contributed by atoms with Crippen molar-refractivity contribution in [1.82, 2.24) is 24.6 Å². The quantitative estimate of drug-likeness (QED) is 0.842. The van der Waals surface area contributed by atoms with E-state index in [-0.39, 0.29) is 6.03 Å². The largest absolute Gasteiger partial charge is 0.351 e. The molecule has 2 aliphatic rings. The summed E-state index contributed by atoms with van der Waals surface area (Å²) >= 11 is 0. The molecule has 0 saturated carbocycles. The van der Waals surface area contributed by atoms with Crippen molar-refractivity contribution in [3.05, 3.63) is 30.5 Å². The number of carbonyl (C=O) groups is 1. The third-order valence-electron chi connectivity index (χ3n) is 4.51. The van der Waals surface area contributed by atoms with Crippen LogP contribution in [0.4, 0.5) is 16.3 Å². The van der Waals surface area contributed by atoms with Gasteiger partial charge in [0.1, 0.15) is 5.82 Å². The Morgan fingerprint density at radius 3 is 2.65 bits per heavy atom. The Bertz CT molecular complexity index is 737. The number of aromatic nitrogens is 4. The minimum Gasteiger partial charge on any atom is -0.351 e. The molecule has 0 spiro atoms. The summed E-state index contributed by atoms with van der Waals surface area (Å²) in [4.78, 5) is 26.4. The standard InChI is InChI=1S/C15H19N7O/c1-11-14(17-4-3-16-11)20-8-13(9-20)22-10-12(7-18-22)21-6-5-19(2)15(21)23/h3-4,7,10,13H,5-6,8-9H2,1-2H3. The van der Waals surface area contributed by atoms with Crippen LogP contribution in [0.25, 0.3) is 0 Å². The number of urea groups is 1. The van der Waals surface area contributed by atoms with E-state index in [1.807, 2.05) is 24.9 Å². The Hall–Kier alpha value is -2.64. The van der Waals surface area contributed by atoms with E-state index < -0.39 is 0 Å². The van der Waals surface area contributed by atoms with Crippen LogP contribution in [0.1, 0.15) is 11.7 Å². The predicted octanol–water partition coefficient (Wildman–Crippen LogP) is 0.915. The molecule has 4 rings (SSSR count). The van der Waals surface area contributed by atoms with Crippen LogP contribution < -0.4 is 9.80 Å². The maximum atomic E-state index is 12.0. The second-order valence-corrected chi connectivity index (χ2v) is 6.06. The maximum absolute atomic E-state index is 12.0. The van der Waals surface area contributed by atoms with E-state index in [4.69, 9.17) is 0 Å². The van der Waals surface area contributed by atoms with Crippen LogP contribution in [0.2, 0.25) is 0 Å². The average molecular weight is 313 g/mol. The first-order valence-corrected chi connectivity index (χ1v) is 7.73. The van der Waals surface area contributed by atoms with Crippen LogP contribution in [0, 0.1) is 6.92 Å². The Kier molecular flexibility index (Phi) is 3.17. The first kappa shape index (κ1) is 14.0. The second-order valence-electron chi connectivity index (χ2n) is 6.06. The minimum atomic E-state index is 0.0370. The van der Waals surface area contributed by atoms with Gasteiger partial charge in [0.2, 0.25) is 0 Å². The van der Waals surface area contributed by atoms with Gasteiger partial charge in [0.05, 0.1) is 23.6 Å². The monoisotopic (exact) mass is 313 g/mol. The van der Waals surface area contributed by atoms with Gasteiger partial charge in [0.15, 0.2) is 0 Å². The molecule has 0 N–H and O–H groups in total. The fourth-order valence-corrected chi connectivity index (χ4v) is 3.06. The molecule has 2 saturated heterocycles. The fraction of sp³-hybridized carbons (Fsp3) is 0.467. The number of nitrogens with zero attached hydrogens (tertiary/aromatic N) is 7. The van der Waals surface area contributed by atoms with Crippen molar-refractivity contribution in [2.45, 2.75) is 13.0 Å². The molecule has 0 atom stereocenters. The van der Waals surface area contributed by atoms with Crippen molar-refractivity contribution in [2.75, 3.05) is 43.0 Å². The smallest absolute Gasteiger partial charge is 0.324 e. The highest BCUT2D eigenvalue weighted by Gasteiger charge is 2.32. The van der Waals surface area contributed by atoms with Gasteiger partial charge in [-0.25, -0.2) is 9.78 Å². The highest BCUT2D eigenvalue weighted by molar-refractivity contribution is 5.93. The van der Waals surface area contributed by atoms with E-state index in [1.165, 1.54) is 0 Å². The lowest BCUT2D eigenvalue weighted by atomic mass is 10.1. The summed E-state index contributed by atoms with van der Waals surface area (Å²) in [5, 5.41) is 4.43. The van der Waals surface area contributed by atoms with Gasteiger partial charge in [-0.2, -0.15) is 5.10 Å². The number of aryl methyl sites for hydroxylation is 1. The molecule has 2 aromatic heterocycles. The summed E-state index contributed by atoms with van der Waals surface area (Å²) in [6.45, 7) is 5.16. The molecule has 0 aromatic carbocycles. The Morgan fingerprint density at radius 1 is 1.17 bits per heavy atom. The summed E-state index contributed by atoms with van der Waals surface area (Å²) in [6, 6.07) is 0.343. The van der Waals surface area contributed by atoms with Crippen molar-refractivity contribution in [3.63, 3.8) is 0 Å². The molecule has 8 heteroatoms. The lowest BCUT2D eigenvalue weighted by Gasteiger charge is -2.40. The van der Waals surface area contributed by atoms with E-state index in [2.05, 4.69) is 20.0 Å². The number of hydrogen-bond acceptors (Lipinski definition) is 5. The lowest BCUT2D eigenvalue weighted by Crippen LogP contribution is -2.48. The lowest BCUT2D eigenvalue weighted by molar-refractivity contribution is 0.229. The molecule has 23 heavy (non-hydrogen) atoms. The topological polar surface area (TPSA) is 70.4 Å². The summed E-state index contributed by atoms with van der Waals surface area (Å²) in [5.41, 5.74) is 1.81. The van der Waals surface area contributed by atoms with Gasteiger partial charge < -0.3 is 9.80 Å². The molecular weight excluding hydrogens is 294 g/mol. The normalized spacial score (nSPS) is 18.7. The highest BCUT2D eigenvalue weighted by Crippen LogP contribution is 2.29. The van der Waals surface area contributed by atoms with Gasteiger partial charge >= 0.3 is 6.03 Å². The molecule has 2 amide bonds. The maximum Gasteiger partial charge on any atom is 0.324 e. The summed E-state index contributed by atoms with van der Waals surface area (Å²) < 4.78 is 1.95. The molecule has 0 radical (unpaired) electrons. The number of anilines is 2. The molecule has 0 unspecified atom stereocenters. The van der Waals surface area contributed by atoms with Gasteiger partial charge in [0, 0.05) is 51.8 Å². The van der Waals surface area contributed by atoms with Crippen molar-refractivity contribution >= 4 is 17.5 Å². The van der Waals surface area contributed by atoms with Gasteiger partial charge in [-0.15, -0.1) is 0 Å². The van der Waals surface area contributed by atoms with Crippen molar-refractivity contribution < 1.29 is 4.79 Å². The van der Waals surface area contributed by atoms with Crippen LogP contribution in [-0.2, 0) is 0 Å². The number of carbonyl (C=O) groups excluding carboxylic acids is 1. The van der Waals surface area contributed by atoms with Gasteiger partial charge in [0.25, 0.3) is 0 Å². The van der Waals surface area contributed by atoms with E-state index in [1.54, 1.807) is 28.4 Å².